The summed E-state index contributed by atoms with van der Waals surface area (Å²) in [5, 5.41) is 7.67. The summed E-state index contributed by atoms with van der Waals surface area (Å²) in [4.78, 5) is 25.2. The molecule has 0 saturated heterocycles. The van der Waals surface area contributed by atoms with Crippen LogP contribution < -0.4 is 10.0 Å². The van der Waals surface area contributed by atoms with Crippen LogP contribution in [0.3, 0.4) is 0 Å². The molecular weight excluding hydrogens is 472 g/mol. The molecule has 192 valence electrons. The van der Waals surface area contributed by atoms with E-state index in [1.165, 1.54) is 31.3 Å². The summed E-state index contributed by atoms with van der Waals surface area (Å²) in [6.07, 6.45) is 4.41. The van der Waals surface area contributed by atoms with E-state index in [1.54, 1.807) is 4.68 Å². The van der Waals surface area contributed by atoms with E-state index < -0.39 is 16.0 Å². The fourth-order valence-corrected chi connectivity index (χ4v) is 4.67. The van der Waals surface area contributed by atoms with Crippen molar-refractivity contribution in [3.8, 4) is 0 Å². The molecule has 0 bridgehead atoms. The highest BCUT2D eigenvalue weighted by molar-refractivity contribution is 7.89. The van der Waals surface area contributed by atoms with Gasteiger partial charge < -0.3 is 14.8 Å². The van der Waals surface area contributed by atoms with E-state index in [9.17, 15) is 18.0 Å². The number of aryl methyl sites for hydroxylation is 2. The smallest absolute Gasteiger partial charge is 0.338 e. The number of aromatic nitrogens is 2. The number of esters is 1. The van der Waals surface area contributed by atoms with Crippen LogP contribution >= 0.6 is 0 Å². The van der Waals surface area contributed by atoms with E-state index in [0.29, 0.717) is 50.4 Å². The highest BCUT2D eigenvalue weighted by Gasteiger charge is 2.23. The summed E-state index contributed by atoms with van der Waals surface area (Å²) in [6.45, 7) is 4.68. The molecule has 0 spiro atoms. The Morgan fingerprint density at radius 1 is 1.20 bits per heavy atom. The first-order valence-electron chi connectivity index (χ1n) is 12.0. The maximum Gasteiger partial charge on any atom is 0.338 e. The van der Waals surface area contributed by atoms with Crippen molar-refractivity contribution in [2.45, 2.75) is 56.9 Å². The number of sulfonamides is 1. The second-order valence-corrected chi connectivity index (χ2v) is 10.1. The Labute approximate surface area is 206 Å². The maximum atomic E-state index is 12.8. The van der Waals surface area contributed by atoms with Crippen molar-refractivity contribution < 1.29 is 27.5 Å². The van der Waals surface area contributed by atoms with Crippen LogP contribution in [0.15, 0.2) is 29.2 Å². The van der Waals surface area contributed by atoms with Gasteiger partial charge in [-0.05, 0) is 76.8 Å². The van der Waals surface area contributed by atoms with Crippen LogP contribution in [-0.2, 0) is 38.9 Å². The van der Waals surface area contributed by atoms with Gasteiger partial charge in [0.15, 0.2) is 0 Å². The number of ether oxygens (including phenoxy) is 2. The lowest BCUT2D eigenvalue weighted by atomic mass is 10.0. The summed E-state index contributed by atoms with van der Waals surface area (Å²) in [7, 11) is -2.22. The number of hydrogen-bond donors (Lipinski definition) is 2. The van der Waals surface area contributed by atoms with Gasteiger partial charge in [-0.3, -0.25) is 9.48 Å². The fraction of sp³-hybridized carbons (Fsp3) is 0.542. The Morgan fingerprint density at radius 2 is 1.94 bits per heavy atom. The van der Waals surface area contributed by atoms with Gasteiger partial charge in [0.2, 0.25) is 10.0 Å². The van der Waals surface area contributed by atoms with Gasteiger partial charge in [-0.25, -0.2) is 17.9 Å². The summed E-state index contributed by atoms with van der Waals surface area (Å²) in [6, 6.07) is 5.61. The molecule has 1 aromatic heterocycles. The molecule has 0 radical (unpaired) electrons. The predicted molar refractivity (Wildman–Crippen MR) is 130 cm³/mol. The number of carbonyl (C=O) groups excluding carboxylic acids is 2. The second kappa shape index (κ2) is 12.8. The number of nitrogens with one attached hydrogen (secondary N) is 2. The molecule has 3 rings (SSSR count). The number of fused-ring (bicyclic) bond motifs is 1. The second-order valence-electron chi connectivity index (χ2n) is 8.24. The van der Waals surface area contributed by atoms with Crippen LogP contribution in [0.25, 0.3) is 0 Å². The highest BCUT2D eigenvalue weighted by atomic mass is 32.2. The molecule has 0 fully saturated rings. The van der Waals surface area contributed by atoms with E-state index in [4.69, 9.17) is 14.6 Å². The zero-order valence-corrected chi connectivity index (χ0v) is 21.2. The van der Waals surface area contributed by atoms with Crippen LogP contribution in [0.2, 0.25) is 0 Å². The molecule has 1 amide bonds. The normalized spacial score (nSPS) is 15.1. The molecule has 11 heteroatoms. The standard InChI is InChI=1S/C24H34N4O6S/c1-3-28-22-20(8-6-15-33-16-7-14-26-23(22)29)21(27-28)9-4-5-17-34-24(30)18-10-12-19(13-11-18)35(31,32)25-2/h10-13,25H,3-9,14-17H2,1-2H3,(H,26,29). The van der Waals surface area contributed by atoms with E-state index in [-0.39, 0.29) is 17.4 Å². The lowest BCUT2D eigenvalue weighted by Crippen LogP contribution is -2.28. The van der Waals surface area contributed by atoms with Crippen LogP contribution in [0, 0.1) is 0 Å². The Hall–Kier alpha value is -2.76. The summed E-state index contributed by atoms with van der Waals surface area (Å²) in [5.41, 5.74) is 2.81. The number of rotatable bonds is 9. The van der Waals surface area contributed by atoms with Crippen molar-refractivity contribution >= 4 is 21.9 Å². The number of hydrogen-bond acceptors (Lipinski definition) is 7. The molecule has 0 atom stereocenters. The van der Waals surface area contributed by atoms with Gasteiger partial charge in [-0.2, -0.15) is 5.10 Å². The van der Waals surface area contributed by atoms with E-state index >= 15 is 0 Å². The molecule has 2 N–H and O–H groups in total. The summed E-state index contributed by atoms with van der Waals surface area (Å²) >= 11 is 0. The average Bonchev–Trinajstić information content (AvgIpc) is 3.20. The van der Waals surface area contributed by atoms with Crippen LogP contribution in [0.5, 0.6) is 0 Å². The number of unbranched alkanes of at least 4 members (excludes halogenated alkanes) is 1. The first-order chi connectivity index (χ1) is 16.9. The van der Waals surface area contributed by atoms with Crippen molar-refractivity contribution in [1.29, 1.82) is 0 Å². The highest BCUT2D eigenvalue weighted by Crippen LogP contribution is 2.20. The van der Waals surface area contributed by atoms with Gasteiger partial charge in [0.1, 0.15) is 5.69 Å². The summed E-state index contributed by atoms with van der Waals surface area (Å²) in [5.74, 6) is -0.594. The first kappa shape index (κ1) is 26.8. The number of carbonyl (C=O) groups is 2. The zero-order valence-electron chi connectivity index (χ0n) is 20.3. The van der Waals surface area contributed by atoms with Crippen molar-refractivity contribution in [3.63, 3.8) is 0 Å². The minimum absolute atomic E-state index is 0.0834. The monoisotopic (exact) mass is 506 g/mol. The third-order valence-electron chi connectivity index (χ3n) is 5.82. The largest absolute Gasteiger partial charge is 0.462 e. The third kappa shape index (κ3) is 7.12. The van der Waals surface area contributed by atoms with Gasteiger partial charge in [0, 0.05) is 31.9 Å². The Kier molecular flexibility index (Phi) is 9.82. The van der Waals surface area contributed by atoms with Crippen molar-refractivity contribution in [2.24, 2.45) is 0 Å². The number of amides is 1. The predicted octanol–water partition coefficient (Wildman–Crippen LogP) is 2.07. The average molecular weight is 507 g/mol. The maximum absolute atomic E-state index is 12.8. The molecule has 1 aliphatic heterocycles. The van der Waals surface area contributed by atoms with Crippen LogP contribution in [0.4, 0.5) is 0 Å². The lowest BCUT2D eigenvalue weighted by Gasteiger charge is -2.08. The van der Waals surface area contributed by atoms with Gasteiger partial charge in [-0.15, -0.1) is 0 Å². The molecule has 1 aliphatic rings. The quantitative estimate of drug-likeness (QED) is 0.394. The van der Waals surface area contributed by atoms with Crippen LogP contribution in [-0.4, -0.2) is 63.5 Å². The molecule has 1 aromatic carbocycles. The Bertz CT molecular complexity index is 1110. The number of nitrogens with zero attached hydrogens (tertiary/aromatic N) is 2. The van der Waals surface area contributed by atoms with Crippen molar-refractivity contribution in [2.75, 3.05) is 33.4 Å². The molecule has 10 nitrogen and oxygen atoms in total. The zero-order chi connectivity index (χ0) is 25.3. The van der Waals surface area contributed by atoms with Gasteiger partial charge in [0.05, 0.1) is 22.8 Å². The fourth-order valence-electron chi connectivity index (χ4n) is 3.94. The molecule has 0 aliphatic carbocycles. The molecule has 0 unspecified atom stereocenters. The van der Waals surface area contributed by atoms with E-state index in [1.807, 2.05) is 6.92 Å². The molecular formula is C24H34N4O6S. The van der Waals surface area contributed by atoms with E-state index in [0.717, 1.165) is 36.9 Å². The molecule has 35 heavy (non-hydrogen) atoms. The topological polar surface area (TPSA) is 129 Å². The van der Waals surface area contributed by atoms with Crippen LogP contribution in [0.1, 0.15) is 64.7 Å². The minimum atomic E-state index is -3.55. The minimum Gasteiger partial charge on any atom is -0.462 e. The SMILES string of the molecule is CCn1nc(CCCCOC(=O)c2ccc(S(=O)(=O)NC)cc2)c2c1C(=O)NCCCOCCC2. The van der Waals surface area contributed by atoms with Crippen molar-refractivity contribution in [1.82, 2.24) is 19.8 Å². The molecule has 0 saturated carbocycles. The van der Waals surface area contributed by atoms with Crippen molar-refractivity contribution in [3.05, 3.63) is 46.8 Å². The van der Waals surface area contributed by atoms with Gasteiger partial charge in [0.25, 0.3) is 5.91 Å². The molecule has 2 aromatic rings. The Morgan fingerprint density at radius 3 is 2.66 bits per heavy atom. The van der Waals surface area contributed by atoms with E-state index in [2.05, 4.69) is 10.0 Å². The summed E-state index contributed by atoms with van der Waals surface area (Å²) < 4.78 is 38.6. The Balaban J connectivity index is 1.55. The van der Waals surface area contributed by atoms with Gasteiger partial charge >= 0.3 is 5.97 Å². The molecule has 2 heterocycles. The lowest BCUT2D eigenvalue weighted by molar-refractivity contribution is 0.0498. The number of benzene rings is 1. The first-order valence-corrected chi connectivity index (χ1v) is 13.5. The third-order valence-corrected chi connectivity index (χ3v) is 7.26. The van der Waals surface area contributed by atoms with Gasteiger partial charge in [-0.1, -0.05) is 0 Å².